The van der Waals surface area contributed by atoms with Gasteiger partial charge in [-0.1, -0.05) is 277 Å². The predicted molar refractivity (Wildman–Crippen MR) is 395 cm³/mol. The number of hydrogen-bond acceptors (Lipinski definition) is 8. The van der Waals surface area contributed by atoms with E-state index in [2.05, 4.69) is 291 Å². The fourth-order valence-corrected chi connectivity index (χ4v) is 17.2. The third-order valence-corrected chi connectivity index (χ3v) is 22.4. The number of ketones is 3. The molecule has 9 rings (SSSR count). The van der Waals surface area contributed by atoms with E-state index in [0.29, 0.717) is 101 Å². The highest BCUT2D eigenvalue weighted by Gasteiger charge is 2.50. The number of hydrogen-bond donors (Lipinski definition) is 1. The molecule has 5 unspecified atom stereocenters. The van der Waals surface area contributed by atoms with Crippen molar-refractivity contribution in [1.29, 1.82) is 0 Å². The lowest BCUT2D eigenvalue weighted by atomic mass is 9.68. The topological polar surface area (TPSA) is 84.4 Å². The van der Waals surface area contributed by atoms with Gasteiger partial charge in [-0.05, 0) is 190 Å². The van der Waals surface area contributed by atoms with Gasteiger partial charge in [0.25, 0.3) is 0 Å². The molecule has 0 saturated heterocycles. The normalized spacial score (nSPS) is 16.6. The molecule has 1 aliphatic carbocycles. The maximum Gasteiger partial charge on any atom is 0.183 e. The largest absolute Gasteiger partial charge is 0.386 e. The highest BCUT2D eigenvalue weighted by Crippen LogP contribution is 2.54. The summed E-state index contributed by atoms with van der Waals surface area (Å²) in [5, 5.41) is 13.0. The van der Waals surface area contributed by atoms with E-state index in [1.807, 2.05) is 18.2 Å². The van der Waals surface area contributed by atoms with Crippen molar-refractivity contribution in [3.8, 4) is 11.1 Å². The van der Waals surface area contributed by atoms with Crippen LogP contribution < -0.4 is 0 Å². The monoisotopic (exact) mass is 1270 g/mol. The molecule has 8 aromatic rings. The van der Waals surface area contributed by atoms with Gasteiger partial charge in [-0.3, -0.25) is 34.0 Å². The molecular formula is C87H108N4O4. The maximum absolute atomic E-state index is 16.3. The first kappa shape index (κ1) is 71.9. The SMILES string of the molecule is CCN(CC)C(CC)(Cc1ccccc1)C(=O)c1ccc(CC2(Cc3ccc(C(O)C(CC)(Cc4ccccc4)N(CC)CC)cc3)c3cc(C(=O)C(CC)(Cc4ccccc4)N(CC)CC)ccc3-c3ccc(C(=O)C(CC)(Cc4ccccc4)N(CC)CC)cc32)cc1. The van der Waals surface area contributed by atoms with E-state index < -0.39 is 33.7 Å². The van der Waals surface area contributed by atoms with Gasteiger partial charge in [0.15, 0.2) is 17.3 Å². The van der Waals surface area contributed by atoms with Crippen LogP contribution in [0.5, 0.6) is 0 Å². The molecule has 8 aromatic carbocycles. The van der Waals surface area contributed by atoms with Crippen LogP contribution >= 0.6 is 0 Å². The van der Waals surface area contributed by atoms with Crippen molar-refractivity contribution in [3.05, 3.63) is 273 Å². The maximum atomic E-state index is 16.3. The minimum absolute atomic E-state index is 0.0939. The average Bonchev–Trinajstić information content (AvgIpc) is 1.56. The number of fused-ring (bicyclic) bond motifs is 3. The molecule has 0 spiro atoms. The number of aliphatic hydroxyl groups excluding tert-OH is 1. The Labute approximate surface area is 570 Å². The zero-order chi connectivity index (χ0) is 68.0. The van der Waals surface area contributed by atoms with Gasteiger partial charge in [0.05, 0.1) is 28.3 Å². The fraction of sp³-hybridized carbons (Fsp3) is 0.414. The van der Waals surface area contributed by atoms with E-state index >= 15 is 14.4 Å². The summed E-state index contributed by atoms with van der Waals surface area (Å²) < 4.78 is 0. The summed E-state index contributed by atoms with van der Waals surface area (Å²) in [5.41, 5.74) is 9.79. The van der Waals surface area contributed by atoms with Gasteiger partial charge in [0, 0.05) is 22.1 Å². The van der Waals surface area contributed by atoms with Gasteiger partial charge in [0.1, 0.15) is 0 Å². The number of nitrogens with zero attached hydrogens (tertiary/aromatic N) is 4. The lowest BCUT2D eigenvalue weighted by Gasteiger charge is -2.46. The first-order valence-electron chi connectivity index (χ1n) is 36.0. The molecule has 8 nitrogen and oxygen atoms in total. The Kier molecular flexibility index (Phi) is 24.3. The summed E-state index contributed by atoms with van der Waals surface area (Å²) in [6, 6.07) is 72.0. The van der Waals surface area contributed by atoms with Crippen molar-refractivity contribution >= 4 is 17.3 Å². The number of aliphatic hydroxyl groups is 1. The van der Waals surface area contributed by atoms with Crippen molar-refractivity contribution in [2.24, 2.45) is 0 Å². The summed E-state index contributed by atoms with van der Waals surface area (Å²) in [6.45, 7) is 31.9. The lowest BCUT2D eigenvalue weighted by molar-refractivity contribution is -0.0340. The second kappa shape index (κ2) is 32.1. The van der Waals surface area contributed by atoms with Gasteiger partial charge in [-0.25, -0.2) is 0 Å². The molecule has 0 heterocycles. The summed E-state index contributed by atoms with van der Waals surface area (Å²) in [5.74, 6) is 0.301. The Bertz CT molecular complexity index is 3640. The van der Waals surface area contributed by atoms with Crippen molar-refractivity contribution in [2.75, 3.05) is 52.4 Å². The van der Waals surface area contributed by atoms with Crippen molar-refractivity contribution in [3.63, 3.8) is 0 Å². The smallest absolute Gasteiger partial charge is 0.183 e. The summed E-state index contributed by atoms with van der Waals surface area (Å²) in [7, 11) is 0. The molecule has 0 fully saturated rings. The van der Waals surface area contributed by atoms with Crippen LogP contribution in [0.4, 0.5) is 0 Å². The van der Waals surface area contributed by atoms with Crippen LogP contribution in [-0.2, 0) is 43.9 Å². The zero-order valence-corrected chi connectivity index (χ0v) is 59.4. The van der Waals surface area contributed by atoms with Crippen LogP contribution in [0.2, 0.25) is 0 Å². The van der Waals surface area contributed by atoms with Gasteiger partial charge >= 0.3 is 0 Å². The number of likely N-dealkylation sites (N-methyl/N-ethyl adjacent to an activating group) is 4. The minimum Gasteiger partial charge on any atom is -0.386 e. The van der Waals surface area contributed by atoms with Crippen LogP contribution in [0.3, 0.4) is 0 Å². The highest BCUT2D eigenvalue weighted by molar-refractivity contribution is 6.06. The van der Waals surface area contributed by atoms with Crippen LogP contribution in [0.1, 0.15) is 196 Å². The molecular weight excluding hydrogens is 1160 g/mol. The third kappa shape index (κ3) is 14.2. The predicted octanol–water partition coefficient (Wildman–Crippen LogP) is 18.0. The van der Waals surface area contributed by atoms with Crippen LogP contribution in [0.15, 0.2) is 206 Å². The second-order valence-electron chi connectivity index (χ2n) is 26.7. The molecule has 0 saturated carbocycles. The quantitative estimate of drug-likeness (QED) is 0.0389. The van der Waals surface area contributed by atoms with Crippen molar-refractivity contribution in [1.82, 2.24) is 19.6 Å². The van der Waals surface area contributed by atoms with Crippen LogP contribution in [-0.4, -0.2) is 117 Å². The molecule has 0 aliphatic heterocycles. The Hall–Kier alpha value is -7.43. The number of Topliss-reactive ketones (excluding diaryl/α,β-unsaturated/α-hetero) is 3. The molecule has 0 aromatic heterocycles. The van der Waals surface area contributed by atoms with E-state index in [4.69, 9.17) is 0 Å². The second-order valence-corrected chi connectivity index (χ2v) is 26.7. The number of benzene rings is 8. The summed E-state index contributed by atoms with van der Waals surface area (Å²) in [6.07, 6.45) is 5.26. The van der Waals surface area contributed by atoms with E-state index in [-0.39, 0.29) is 17.3 Å². The number of carbonyl (C=O) groups is 3. The Morgan fingerprint density at radius 1 is 0.337 bits per heavy atom. The number of carbonyl (C=O) groups excluding carboxylic acids is 3. The lowest BCUT2D eigenvalue weighted by Crippen LogP contribution is -2.56. The minimum atomic E-state index is -0.862. The molecule has 0 bridgehead atoms. The molecule has 8 heteroatoms. The molecule has 500 valence electrons. The molecule has 1 N–H and O–H groups in total. The van der Waals surface area contributed by atoms with Crippen LogP contribution in [0.25, 0.3) is 11.1 Å². The van der Waals surface area contributed by atoms with E-state index in [1.54, 1.807) is 0 Å². The fourth-order valence-electron chi connectivity index (χ4n) is 17.2. The van der Waals surface area contributed by atoms with Crippen molar-refractivity contribution < 1.29 is 19.5 Å². The Morgan fingerprint density at radius 3 is 0.937 bits per heavy atom. The van der Waals surface area contributed by atoms with Gasteiger partial charge in [-0.2, -0.15) is 0 Å². The highest BCUT2D eigenvalue weighted by atomic mass is 16.3. The molecule has 5 atom stereocenters. The Morgan fingerprint density at radius 2 is 0.632 bits per heavy atom. The first-order chi connectivity index (χ1) is 46.1. The molecule has 0 radical (unpaired) electrons. The molecule has 95 heavy (non-hydrogen) atoms. The zero-order valence-electron chi connectivity index (χ0n) is 59.4. The van der Waals surface area contributed by atoms with Gasteiger partial charge in [0.2, 0.25) is 0 Å². The third-order valence-electron chi connectivity index (χ3n) is 22.4. The van der Waals surface area contributed by atoms with Crippen molar-refractivity contribution in [2.45, 2.75) is 181 Å². The first-order valence-corrected chi connectivity index (χ1v) is 36.0. The number of rotatable bonds is 36. The average molecular weight is 1270 g/mol. The van der Waals surface area contributed by atoms with Gasteiger partial charge < -0.3 is 5.11 Å². The van der Waals surface area contributed by atoms with E-state index in [9.17, 15) is 5.11 Å². The van der Waals surface area contributed by atoms with Crippen LogP contribution in [0, 0.1) is 0 Å². The molecule has 1 aliphatic rings. The van der Waals surface area contributed by atoms with E-state index in [0.717, 1.165) is 88.2 Å². The standard InChI is InChI=1S/C87H108N4O4/c1-13-84(88(17-5)18-6,61-65-37-29-25-30-38-65)79(92)71-49-45-69(46-50-71)59-83(60-70-47-51-72(52-48-70)80(93)85(14-2,89(19-7)20-8)62-66-39-31-26-32-40-66)77-57-73(81(94)86(15-3,90(21-9)22-10)63-67-41-33-27-34-42-67)53-55-75(77)76-56-54-74(58-78(76)83)82(95)87(16-4,91(23-11)24-12)64-68-43-35-28-36-44-68/h25-58,79,92H,13-24,59-64H2,1-12H3. The summed E-state index contributed by atoms with van der Waals surface area (Å²) >= 11 is 0. The Balaban J connectivity index is 1.28. The summed E-state index contributed by atoms with van der Waals surface area (Å²) in [4.78, 5) is 57.7. The molecule has 0 amide bonds. The van der Waals surface area contributed by atoms with E-state index in [1.165, 1.54) is 5.56 Å². The van der Waals surface area contributed by atoms with Gasteiger partial charge in [-0.15, -0.1) is 0 Å².